The summed E-state index contributed by atoms with van der Waals surface area (Å²) < 4.78 is 24.5. The van der Waals surface area contributed by atoms with Gasteiger partial charge < -0.3 is 19.5 Å². The van der Waals surface area contributed by atoms with Crippen LogP contribution in [0, 0.1) is 5.82 Å². The molecule has 1 aromatic carbocycles. The number of aliphatic hydroxyl groups is 1. The largest absolute Gasteiger partial charge is 0.491 e. The van der Waals surface area contributed by atoms with Crippen molar-refractivity contribution in [3.8, 4) is 5.75 Å². The molecule has 0 radical (unpaired) electrons. The van der Waals surface area contributed by atoms with Gasteiger partial charge in [-0.15, -0.1) is 11.3 Å². The summed E-state index contributed by atoms with van der Waals surface area (Å²) in [6, 6.07) is 7.88. The number of ether oxygens (including phenoxy) is 2. The first kappa shape index (κ1) is 24.6. The lowest BCUT2D eigenvalue weighted by molar-refractivity contribution is -0.137. The summed E-state index contributed by atoms with van der Waals surface area (Å²) in [4.78, 5) is 18.5. The highest BCUT2D eigenvalue weighted by molar-refractivity contribution is 7.10. The summed E-state index contributed by atoms with van der Waals surface area (Å²) in [5, 5.41) is 12.3. The lowest BCUT2D eigenvalue weighted by Gasteiger charge is -2.38. The molecule has 0 saturated heterocycles. The molecule has 2 heterocycles. The molecule has 1 amide bonds. The predicted molar refractivity (Wildman–Crippen MR) is 124 cm³/mol. The third-order valence-electron chi connectivity index (χ3n) is 5.66. The first-order valence-electron chi connectivity index (χ1n) is 11.1. The maximum Gasteiger partial charge on any atom is 0.237 e. The number of hydrogen-bond acceptors (Lipinski definition) is 6. The lowest BCUT2D eigenvalue weighted by atomic mass is 10.00. The van der Waals surface area contributed by atoms with E-state index < -0.39 is 6.10 Å². The number of carbonyl (C=O) groups excluding carboxylic acids is 1. The summed E-state index contributed by atoms with van der Waals surface area (Å²) in [5.74, 6) is 0.267. The minimum Gasteiger partial charge on any atom is -0.491 e. The molecule has 2 unspecified atom stereocenters. The minimum atomic E-state index is -0.646. The van der Waals surface area contributed by atoms with Gasteiger partial charge in [-0.05, 0) is 68.5 Å². The molecule has 3 rings (SSSR count). The van der Waals surface area contributed by atoms with Crippen LogP contribution in [0.4, 0.5) is 4.39 Å². The monoisotopic (exact) mass is 464 g/mol. The van der Waals surface area contributed by atoms with Gasteiger partial charge in [0.1, 0.15) is 18.2 Å². The fourth-order valence-electron chi connectivity index (χ4n) is 3.88. The summed E-state index contributed by atoms with van der Waals surface area (Å²) in [6.07, 6.45) is 0.174. The van der Waals surface area contributed by atoms with Crippen molar-refractivity contribution < 1.29 is 23.8 Å². The molecule has 1 N–H and O–H groups in total. The van der Waals surface area contributed by atoms with Gasteiger partial charge in [0.25, 0.3) is 0 Å². The van der Waals surface area contributed by atoms with Crippen LogP contribution < -0.4 is 4.74 Å². The Labute approximate surface area is 193 Å². The average molecular weight is 465 g/mol. The van der Waals surface area contributed by atoms with E-state index in [9.17, 15) is 14.3 Å². The molecule has 1 aliphatic rings. The van der Waals surface area contributed by atoms with Crippen molar-refractivity contribution in [2.75, 3.05) is 39.5 Å². The first-order chi connectivity index (χ1) is 15.4. The van der Waals surface area contributed by atoms with Crippen molar-refractivity contribution in [3.05, 3.63) is 52.0 Å². The van der Waals surface area contributed by atoms with Gasteiger partial charge in [0.15, 0.2) is 0 Å². The van der Waals surface area contributed by atoms with Gasteiger partial charge >= 0.3 is 0 Å². The third-order valence-corrected chi connectivity index (χ3v) is 6.66. The molecule has 32 heavy (non-hydrogen) atoms. The minimum absolute atomic E-state index is 0.00636. The van der Waals surface area contributed by atoms with Gasteiger partial charge in [-0.1, -0.05) is 0 Å². The highest BCUT2D eigenvalue weighted by Gasteiger charge is 2.33. The molecule has 0 aliphatic carbocycles. The van der Waals surface area contributed by atoms with E-state index in [1.165, 1.54) is 17.0 Å². The van der Waals surface area contributed by atoms with E-state index in [4.69, 9.17) is 9.47 Å². The van der Waals surface area contributed by atoms with Crippen molar-refractivity contribution in [2.24, 2.45) is 0 Å². The quantitative estimate of drug-likeness (QED) is 0.552. The summed E-state index contributed by atoms with van der Waals surface area (Å²) in [5.41, 5.74) is 1.11. The first-order valence-corrected chi connectivity index (χ1v) is 12.0. The number of thiophene rings is 1. The van der Waals surface area contributed by atoms with E-state index in [-0.39, 0.29) is 37.0 Å². The zero-order valence-corrected chi connectivity index (χ0v) is 19.8. The second kappa shape index (κ2) is 11.7. The number of fused-ring (bicyclic) bond motifs is 1. The van der Waals surface area contributed by atoms with E-state index in [1.54, 1.807) is 23.5 Å². The van der Waals surface area contributed by atoms with Crippen LogP contribution in [-0.4, -0.2) is 72.4 Å². The summed E-state index contributed by atoms with van der Waals surface area (Å²) in [6.45, 7) is 8.23. The fraction of sp³-hybridized carbons (Fsp3) is 0.542. The van der Waals surface area contributed by atoms with Crippen molar-refractivity contribution in [2.45, 2.75) is 45.4 Å². The Morgan fingerprint density at radius 1 is 1.31 bits per heavy atom. The molecule has 1 aromatic heterocycles. The van der Waals surface area contributed by atoms with Crippen molar-refractivity contribution in [1.29, 1.82) is 0 Å². The number of benzene rings is 1. The number of nitrogens with zero attached hydrogens (tertiary/aromatic N) is 2. The molecule has 8 heteroatoms. The number of hydrogen-bond donors (Lipinski definition) is 1. The Bertz CT molecular complexity index is 858. The van der Waals surface area contributed by atoms with Crippen LogP contribution in [0.5, 0.6) is 5.75 Å². The standard InChI is InChI=1S/C24H33FN2O4S/c1-4-30-15-19(28)13-26(17(2)3)14-24(29)27-11-9-23-21(10-12-32-23)22(27)16-31-20-7-5-18(25)6-8-20/h5-8,10,12,17,19,22,28H,4,9,11,13-16H2,1-3H3. The molecular formula is C24H33FN2O4S. The number of halogens is 1. The van der Waals surface area contributed by atoms with Crippen LogP contribution >= 0.6 is 11.3 Å². The van der Waals surface area contributed by atoms with Crippen LogP contribution in [0.1, 0.15) is 37.3 Å². The van der Waals surface area contributed by atoms with Gasteiger partial charge in [0.05, 0.1) is 25.3 Å². The average Bonchev–Trinajstić information content (AvgIpc) is 3.25. The number of amides is 1. The fourth-order valence-corrected chi connectivity index (χ4v) is 4.81. The molecule has 1 aliphatic heterocycles. The Balaban J connectivity index is 1.70. The van der Waals surface area contributed by atoms with Gasteiger partial charge in [-0.3, -0.25) is 9.69 Å². The maximum absolute atomic E-state index is 13.4. The maximum atomic E-state index is 13.4. The highest BCUT2D eigenvalue weighted by Crippen LogP contribution is 2.34. The summed E-state index contributed by atoms with van der Waals surface area (Å²) >= 11 is 1.70. The topological polar surface area (TPSA) is 62.2 Å². The Morgan fingerprint density at radius 3 is 2.75 bits per heavy atom. The zero-order valence-electron chi connectivity index (χ0n) is 19.0. The third kappa shape index (κ3) is 6.51. The smallest absolute Gasteiger partial charge is 0.237 e. The van der Waals surface area contributed by atoms with E-state index >= 15 is 0 Å². The molecule has 0 fully saturated rings. The van der Waals surface area contributed by atoms with Crippen LogP contribution in [-0.2, 0) is 16.0 Å². The van der Waals surface area contributed by atoms with Gasteiger partial charge in [0.2, 0.25) is 5.91 Å². The lowest BCUT2D eigenvalue weighted by Crippen LogP contribution is -2.49. The van der Waals surface area contributed by atoms with Crippen molar-refractivity contribution >= 4 is 17.2 Å². The predicted octanol–water partition coefficient (Wildman–Crippen LogP) is 3.50. The second-order valence-corrected chi connectivity index (χ2v) is 9.25. The van der Waals surface area contributed by atoms with Crippen molar-refractivity contribution in [3.63, 3.8) is 0 Å². The summed E-state index contributed by atoms with van der Waals surface area (Å²) in [7, 11) is 0. The van der Waals surface area contributed by atoms with E-state index in [0.29, 0.717) is 32.1 Å². The SMILES string of the molecule is CCOCC(O)CN(CC(=O)N1CCc2sccc2C1COc1ccc(F)cc1)C(C)C. The van der Waals surface area contributed by atoms with Gasteiger partial charge in [0, 0.05) is 30.6 Å². The molecular weight excluding hydrogens is 431 g/mol. The van der Waals surface area contributed by atoms with Crippen LogP contribution in [0.3, 0.4) is 0 Å². The molecule has 6 nitrogen and oxygen atoms in total. The number of aliphatic hydroxyl groups excluding tert-OH is 1. The van der Waals surface area contributed by atoms with E-state index in [1.807, 2.05) is 36.0 Å². The van der Waals surface area contributed by atoms with Gasteiger partial charge in [-0.25, -0.2) is 4.39 Å². The molecule has 2 aromatic rings. The molecule has 0 bridgehead atoms. The molecule has 176 valence electrons. The van der Waals surface area contributed by atoms with Crippen molar-refractivity contribution in [1.82, 2.24) is 9.80 Å². The Kier molecular flexibility index (Phi) is 9.04. The highest BCUT2D eigenvalue weighted by atomic mass is 32.1. The zero-order chi connectivity index (χ0) is 23.1. The molecule has 0 spiro atoms. The Morgan fingerprint density at radius 2 is 2.06 bits per heavy atom. The van der Waals surface area contributed by atoms with Gasteiger partial charge in [-0.2, -0.15) is 0 Å². The molecule has 0 saturated carbocycles. The number of rotatable bonds is 11. The van der Waals surface area contributed by atoms with E-state index in [2.05, 4.69) is 6.07 Å². The second-order valence-electron chi connectivity index (χ2n) is 8.25. The van der Waals surface area contributed by atoms with Crippen LogP contribution in [0.25, 0.3) is 0 Å². The normalized spacial score (nSPS) is 17.0. The van der Waals surface area contributed by atoms with E-state index in [0.717, 1.165) is 12.0 Å². The molecule has 2 atom stereocenters. The van der Waals surface area contributed by atoms with Crippen LogP contribution in [0.2, 0.25) is 0 Å². The van der Waals surface area contributed by atoms with Crippen LogP contribution in [0.15, 0.2) is 35.7 Å². The Hall–Kier alpha value is -2.00. The number of carbonyl (C=O) groups is 1.